The number of aromatic nitrogens is 1. The lowest BCUT2D eigenvalue weighted by Gasteiger charge is -2.15. The van der Waals surface area contributed by atoms with Crippen LogP contribution in [0.3, 0.4) is 0 Å². The minimum Gasteiger partial charge on any atom is -0.443 e. The zero-order chi connectivity index (χ0) is 18.3. The maximum Gasteiger partial charge on any atom is 0.216 e. The topological polar surface area (TPSA) is 62.5 Å². The Labute approximate surface area is 178 Å². The molecule has 0 aromatic carbocycles. The van der Waals surface area contributed by atoms with Crippen LogP contribution >= 0.6 is 35.3 Å². The van der Waals surface area contributed by atoms with E-state index in [1.165, 1.54) is 4.88 Å². The molecule has 0 fully saturated rings. The molecule has 2 aromatic heterocycles. The summed E-state index contributed by atoms with van der Waals surface area (Å²) in [5.41, 5.74) is -0.0328. The number of halogens is 1. The van der Waals surface area contributed by atoms with Crippen LogP contribution in [0.5, 0.6) is 0 Å². The number of hydrogen-bond donors (Lipinski definition) is 2. The van der Waals surface area contributed by atoms with E-state index in [9.17, 15) is 0 Å². The molecule has 0 aliphatic rings. The van der Waals surface area contributed by atoms with Crippen LogP contribution in [0.1, 0.15) is 51.1 Å². The van der Waals surface area contributed by atoms with Gasteiger partial charge < -0.3 is 15.1 Å². The van der Waals surface area contributed by atoms with Gasteiger partial charge in [-0.15, -0.1) is 35.3 Å². The Bertz CT molecular complexity index is 661. The molecule has 0 saturated heterocycles. The SMILES string of the molecule is CCNC(=NCc1ncc(C(C)(C)C)o1)NCC(C)Cc1cccs1.I. The molecule has 0 radical (unpaired) electrons. The fourth-order valence-corrected chi connectivity index (χ4v) is 3.20. The minimum absolute atomic E-state index is 0. The summed E-state index contributed by atoms with van der Waals surface area (Å²) in [6, 6.07) is 4.30. The van der Waals surface area contributed by atoms with Crippen molar-refractivity contribution in [2.24, 2.45) is 10.9 Å². The Kier molecular flexibility index (Phi) is 9.63. The molecule has 26 heavy (non-hydrogen) atoms. The molecule has 0 aliphatic carbocycles. The highest BCUT2D eigenvalue weighted by Crippen LogP contribution is 2.22. The number of aliphatic imine (C=N–C) groups is 1. The Hall–Kier alpha value is -1.09. The standard InChI is InChI=1S/C19H30N4OS.HI/c1-6-20-18(22-11-14(2)10-15-8-7-9-25-15)23-13-17-21-12-16(24-17)19(3,4)5;/h7-9,12,14H,6,10-11,13H2,1-5H3,(H2,20,22,23);1H. The summed E-state index contributed by atoms with van der Waals surface area (Å²) in [5.74, 6) is 2.88. The molecule has 0 amide bonds. The van der Waals surface area contributed by atoms with Gasteiger partial charge >= 0.3 is 0 Å². The first-order valence-electron chi connectivity index (χ1n) is 8.88. The number of guanidine groups is 1. The quantitative estimate of drug-likeness (QED) is 0.339. The highest BCUT2D eigenvalue weighted by molar-refractivity contribution is 14.0. The number of thiophene rings is 1. The number of oxazole rings is 1. The van der Waals surface area contributed by atoms with Gasteiger partial charge in [-0.2, -0.15) is 0 Å². The summed E-state index contributed by atoms with van der Waals surface area (Å²) in [4.78, 5) is 10.3. The lowest BCUT2D eigenvalue weighted by molar-refractivity contribution is 0.383. The van der Waals surface area contributed by atoms with E-state index in [1.54, 1.807) is 6.20 Å². The summed E-state index contributed by atoms with van der Waals surface area (Å²) >= 11 is 1.81. The first-order chi connectivity index (χ1) is 11.9. The van der Waals surface area contributed by atoms with Crippen molar-refractivity contribution in [3.63, 3.8) is 0 Å². The number of hydrogen-bond acceptors (Lipinski definition) is 4. The van der Waals surface area contributed by atoms with E-state index in [2.05, 4.69) is 72.7 Å². The Morgan fingerprint density at radius 3 is 2.69 bits per heavy atom. The molecule has 1 atom stereocenters. The molecule has 2 heterocycles. The zero-order valence-corrected chi connectivity index (χ0v) is 19.5. The van der Waals surface area contributed by atoms with Crippen LogP contribution in [-0.2, 0) is 18.4 Å². The fraction of sp³-hybridized carbons (Fsp3) is 0.579. The maximum absolute atomic E-state index is 5.80. The molecular weight excluding hydrogens is 459 g/mol. The summed E-state index contributed by atoms with van der Waals surface area (Å²) in [5, 5.41) is 8.82. The molecule has 2 aromatic rings. The van der Waals surface area contributed by atoms with Gasteiger partial charge in [0.1, 0.15) is 12.3 Å². The predicted molar refractivity (Wildman–Crippen MR) is 121 cm³/mol. The van der Waals surface area contributed by atoms with Crippen molar-refractivity contribution >= 4 is 41.3 Å². The highest BCUT2D eigenvalue weighted by Gasteiger charge is 2.19. The van der Waals surface area contributed by atoms with Crippen molar-refractivity contribution in [2.45, 2.75) is 53.0 Å². The van der Waals surface area contributed by atoms with Crippen LogP contribution in [0.4, 0.5) is 0 Å². The third-order valence-corrected chi connectivity index (χ3v) is 4.66. The lowest BCUT2D eigenvalue weighted by atomic mass is 9.94. The van der Waals surface area contributed by atoms with Crippen LogP contribution < -0.4 is 10.6 Å². The van der Waals surface area contributed by atoms with Crippen molar-refractivity contribution in [1.29, 1.82) is 0 Å². The van der Waals surface area contributed by atoms with Crippen LogP contribution in [-0.4, -0.2) is 24.0 Å². The average Bonchev–Trinajstić information content (AvgIpc) is 3.21. The van der Waals surface area contributed by atoms with Crippen molar-refractivity contribution in [1.82, 2.24) is 15.6 Å². The average molecular weight is 490 g/mol. The van der Waals surface area contributed by atoms with E-state index >= 15 is 0 Å². The Balaban J connectivity index is 0.00000338. The van der Waals surface area contributed by atoms with E-state index < -0.39 is 0 Å². The van der Waals surface area contributed by atoms with Gasteiger partial charge in [0.2, 0.25) is 5.89 Å². The molecule has 0 spiro atoms. The summed E-state index contributed by atoms with van der Waals surface area (Å²) in [7, 11) is 0. The first kappa shape index (κ1) is 23.0. The van der Waals surface area contributed by atoms with Crippen LogP contribution in [0.15, 0.2) is 33.1 Å². The van der Waals surface area contributed by atoms with Gasteiger partial charge in [-0.3, -0.25) is 0 Å². The molecule has 5 nitrogen and oxygen atoms in total. The lowest BCUT2D eigenvalue weighted by Crippen LogP contribution is -2.39. The molecule has 1 unspecified atom stereocenters. The predicted octanol–water partition coefficient (Wildman–Crippen LogP) is 4.59. The Morgan fingerprint density at radius 2 is 2.12 bits per heavy atom. The van der Waals surface area contributed by atoms with Gasteiger partial charge in [-0.1, -0.05) is 33.8 Å². The summed E-state index contributed by atoms with van der Waals surface area (Å²) in [6.07, 6.45) is 2.88. The number of rotatable bonds is 7. The fourth-order valence-electron chi connectivity index (χ4n) is 2.33. The second-order valence-corrected chi connectivity index (χ2v) is 8.37. The third-order valence-electron chi connectivity index (χ3n) is 3.76. The van der Waals surface area contributed by atoms with Gasteiger partial charge in [0.25, 0.3) is 0 Å². The zero-order valence-electron chi connectivity index (χ0n) is 16.3. The molecule has 2 rings (SSSR count). The van der Waals surface area contributed by atoms with Crippen molar-refractivity contribution < 1.29 is 4.42 Å². The monoisotopic (exact) mass is 490 g/mol. The van der Waals surface area contributed by atoms with Crippen LogP contribution in [0, 0.1) is 5.92 Å². The first-order valence-corrected chi connectivity index (χ1v) is 9.76. The Morgan fingerprint density at radius 1 is 1.35 bits per heavy atom. The van der Waals surface area contributed by atoms with E-state index in [4.69, 9.17) is 4.42 Å². The van der Waals surface area contributed by atoms with Gasteiger partial charge in [0.05, 0.1) is 6.20 Å². The van der Waals surface area contributed by atoms with Crippen LogP contribution in [0.25, 0.3) is 0 Å². The van der Waals surface area contributed by atoms with Gasteiger partial charge in [-0.25, -0.2) is 9.98 Å². The largest absolute Gasteiger partial charge is 0.443 e. The smallest absolute Gasteiger partial charge is 0.216 e. The molecule has 0 saturated carbocycles. The molecule has 0 aliphatic heterocycles. The normalized spacial score (nSPS) is 13.2. The van der Waals surface area contributed by atoms with Crippen molar-refractivity contribution in [2.75, 3.05) is 13.1 Å². The van der Waals surface area contributed by atoms with E-state index in [0.29, 0.717) is 18.4 Å². The second kappa shape index (κ2) is 10.9. The van der Waals surface area contributed by atoms with E-state index in [-0.39, 0.29) is 29.4 Å². The van der Waals surface area contributed by atoms with Gasteiger partial charge in [-0.05, 0) is 30.7 Å². The van der Waals surface area contributed by atoms with E-state index in [0.717, 1.165) is 31.2 Å². The minimum atomic E-state index is -0.0328. The number of nitrogens with one attached hydrogen (secondary N) is 2. The highest BCUT2D eigenvalue weighted by atomic mass is 127. The molecule has 0 bridgehead atoms. The molecule has 2 N–H and O–H groups in total. The summed E-state index contributed by atoms with van der Waals surface area (Å²) < 4.78 is 5.80. The van der Waals surface area contributed by atoms with E-state index in [1.807, 2.05) is 11.3 Å². The number of nitrogens with zero attached hydrogens (tertiary/aromatic N) is 2. The third kappa shape index (κ3) is 7.65. The van der Waals surface area contributed by atoms with Crippen molar-refractivity contribution in [3.8, 4) is 0 Å². The van der Waals surface area contributed by atoms with Gasteiger partial charge in [0.15, 0.2) is 5.96 Å². The van der Waals surface area contributed by atoms with Crippen LogP contribution in [0.2, 0.25) is 0 Å². The molecular formula is C19H31IN4OS. The maximum atomic E-state index is 5.80. The second-order valence-electron chi connectivity index (χ2n) is 7.33. The van der Waals surface area contributed by atoms with Gasteiger partial charge in [0, 0.05) is 23.4 Å². The molecule has 7 heteroatoms. The van der Waals surface area contributed by atoms with Crippen molar-refractivity contribution in [3.05, 3.63) is 40.2 Å². The molecule has 146 valence electrons. The summed E-state index contributed by atoms with van der Waals surface area (Å²) in [6.45, 7) is 12.8.